The topological polar surface area (TPSA) is 46.5 Å². The van der Waals surface area contributed by atoms with E-state index in [1.54, 1.807) is 25.1 Å². The standard InChI is InChI=1S/C12H11ClO3/c1-2-16-12(15)6-4-9-3-5-11(13)7-10(9)8-14/h3,5,7,14H,2,8H2,1H3. The lowest BCUT2D eigenvalue weighted by Gasteiger charge is -2.00. The highest BCUT2D eigenvalue weighted by Gasteiger charge is 2.00. The molecular formula is C12H11ClO3. The van der Waals surface area contributed by atoms with Crippen molar-refractivity contribution in [3.63, 3.8) is 0 Å². The van der Waals surface area contributed by atoms with Crippen LogP contribution < -0.4 is 0 Å². The van der Waals surface area contributed by atoms with Crippen molar-refractivity contribution in [3.8, 4) is 11.8 Å². The van der Waals surface area contributed by atoms with E-state index in [0.29, 0.717) is 22.8 Å². The van der Waals surface area contributed by atoms with Crippen molar-refractivity contribution in [3.05, 3.63) is 34.3 Å². The molecule has 0 aliphatic heterocycles. The smallest absolute Gasteiger partial charge is 0.384 e. The van der Waals surface area contributed by atoms with Crippen molar-refractivity contribution < 1.29 is 14.6 Å². The van der Waals surface area contributed by atoms with Crippen LogP contribution in [0.3, 0.4) is 0 Å². The van der Waals surface area contributed by atoms with Crippen molar-refractivity contribution in [1.29, 1.82) is 0 Å². The normalized spacial score (nSPS) is 9.19. The molecule has 84 valence electrons. The van der Waals surface area contributed by atoms with Gasteiger partial charge in [0.15, 0.2) is 0 Å². The zero-order valence-corrected chi connectivity index (χ0v) is 9.54. The summed E-state index contributed by atoms with van der Waals surface area (Å²) in [6.07, 6.45) is 0. The number of benzene rings is 1. The molecule has 16 heavy (non-hydrogen) atoms. The van der Waals surface area contributed by atoms with Gasteiger partial charge in [0, 0.05) is 16.5 Å². The highest BCUT2D eigenvalue weighted by Crippen LogP contribution is 2.15. The third kappa shape index (κ3) is 3.58. The van der Waals surface area contributed by atoms with Crippen molar-refractivity contribution in [2.45, 2.75) is 13.5 Å². The van der Waals surface area contributed by atoms with Gasteiger partial charge in [-0.2, -0.15) is 0 Å². The lowest BCUT2D eigenvalue weighted by molar-refractivity contribution is -0.136. The van der Waals surface area contributed by atoms with E-state index in [1.165, 1.54) is 0 Å². The van der Waals surface area contributed by atoms with Crippen LogP contribution in [0.1, 0.15) is 18.1 Å². The number of hydrogen-bond acceptors (Lipinski definition) is 3. The molecule has 0 aliphatic rings. The molecule has 0 atom stereocenters. The maximum Gasteiger partial charge on any atom is 0.384 e. The molecule has 3 nitrogen and oxygen atoms in total. The third-order valence-corrected chi connectivity index (χ3v) is 2.05. The molecule has 1 aromatic rings. The van der Waals surface area contributed by atoms with Crippen molar-refractivity contribution in [1.82, 2.24) is 0 Å². The fourth-order valence-corrected chi connectivity index (χ4v) is 1.30. The molecule has 0 saturated carbocycles. The van der Waals surface area contributed by atoms with E-state index >= 15 is 0 Å². The Bertz CT molecular complexity index is 443. The SMILES string of the molecule is CCOC(=O)C#Cc1ccc(Cl)cc1CO. The summed E-state index contributed by atoms with van der Waals surface area (Å²) >= 11 is 5.76. The summed E-state index contributed by atoms with van der Waals surface area (Å²) in [5, 5.41) is 9.59. The predicted molar refractivity (Wildman–Crippen MR) is 60.9 cm³/mol. The first-order valence-electron chi connectivity index (χ1n) is 4.75. The maximum atomic E-state index is 11.0. The number of hydrogen-bond donors (Lipinski definition) is 1. The summed E-state index contributed by atoms with van der Waals surface area (Å²) < 4.78 is 4.66. The Kier molecular flexibility index (Phi) is 4.84. The van der Waals surface area contributed by atoms with Gasteiger partial charge < -0.3 is 9.84 Å². The molecule has 1 aromatic carbocycles. The van der Waals surface area contributed by atoms with Crippen molar-refractivity contribution >= 4 is 17.6 Å². The highest BCUT2D eigenvalue weighted by molar-refractivity contribution is 6.30. The maximum absolute atomic E-state index is 11.0. The summed E-state index contributed by atoms with van der Waals surface area (Å²) in [7, 11) is 0. The van der Waals surface area contributed by atoms with E-state index in [0.717, 1.165) is 0 Å². The fourth-order valence-electron chi connectivity index (χ4n) is 1.10. The van der Waals surface area contributed by atoms with Crippen LogP contribution in [0, 0.1) is 11.8 Å². The third-order valence-electron chi connectivity index (χ3n) is 1.81. The van der Waals surface area contributed by atoms with Gasteiger partial charge in [-0.1, -0.05) is 17.5 Å². The minimum absolute atomic E-state index is 0.173. The van der Waals surface area contributed by atoms with Crippen LogP contribution in [0.5, 0.6) is 0 Å². The molecule has 0 saturated heterocycles. The summed E-state index contributed by atoms with van der Waals surface area (Å²) in [6, 6.07) is 4.91. The average Bonchev–Trinajstić information content (AvgIpc) is 2.27. The number of carbonyl (C=O) groups is 1. The first-order valence-corrected chi connectivity index (χ1v) is 5.13. The molecule has 0 radical (unpaired) electrons. The first kappa shape index (κ1) is 12.6. The number of carbonyl (C=O) groups excluding carboxylic acids is 1. The molecular weight excluding hydrogens is 228 g/mol. The van der Waals surface area contributed by atoms with Gasteiger partial charge in [0.25, 0.3) is 0 Å². The monoisotopic (exact) mass is 238 g/mol. The summed E-state index contributed by atoms with van der Waals surface area (Å²) in [4.78, 5) is 11.0. The van der Waals surface area contributed by atoms with Crippen LogP contribution in [0.15, 0.2) is 18.2 Å². The van der Waals surface area contributed by atoms with Gasteiger partial charge in [0.05, 0.1) is 13.2 Å². The minimum atomic E-state index is -0.582. The Morgan fingerprint density at radius 1 is 1.56 bits per heavy atom. The first-order chi connectivity index (χ1) is 7.67. The highest BCUT2D eigenvalue weighted by atomic mass is 35.5. The molecule has 0 aliphatic carbocycles. The van der Waals surface area contributed by atoms with E-state index in [4.69, 9.17) is 16.7 Å². The summed E-state index contributed by atoms with van der Waals surface area (Å²) in [5.74, 6) is 4.38. The number of rotatable bonds is 2. The zero-order chi connectivity index (χ0) is 12.0. The van der Waals surface area contributed by atoms with E-state index in [1.807, 2.05) is 0 Å². The Labute approximate surface area is 99.0 Å². The Hall–Kier alpha value is -1.50. The minimum Gasteiger partial charge on any atom is -0.456 e. The Morgan fingerprint density at radius 3 is 2.94 bits per heavy atom. The van der Waals surface area contributed by atoms with Crippen molar-refractivity contribution in [2.75, 3.05) is 6.61 Å². The van der Waals surface area contributed by atoms with Gasteiger partial charge in [-0.3, -0.25) is 0 Å². The molecule has 0 bridgehead atoms. The Balaban J connectivity index is 2.92. The van der Waals surface area contributed by atoms with E-state index in [2.05, 4.69) is 16.6 Å². The molecule has 0 heterocycles. The number of aliphatic hydroxyl groups is 1. The summed E-state index contributed by atoms with van der Waals surface area (Å²) in [5.41, 5.74) is 1.16. The predicted octanol–water partition coefficient (Wildman–Crippen LogP) is 1.75. The van der Waals surface area contributed by atoms with Crippen LogP contribution in [0.4, 0.5) is 0 Å². The Morgan fingerprint density at radius 2 is 2.31 bits per heavy atom. The second-order valence-electron chi connectivity index (χ2n) is 2.93. The molecule has 1 N–H and O–H groups in total. The van der Waals surface area contributed by atoms with Gasteiger partial charge in [-0.15, -0.1) is 0 Å². The van der Waals surface area contributed by atoms with Crippen LogP contribution in [0.25, 0.3) is 0 Å². The molecule has 0 amide bonds. The zero-order valence-electron chi connectivity index (χ0n) is 8.79. The lowest BCUT2D eigenvalue weighted by Crippen LogP contribution is -2.00. The number of esters is 1. The molecule has 0 spiro atoms. The van der Waals surface area contributed by atoms with Gasteiger partial charge in [-0.05, 0) is 30.7 Å². The molecule has 1 rings (SSSR count). The molecule has 0 unspecified atom stereocenters. The van der Waals surface area contributed by atoms with Gasteiger partial charge in [0.2, 0.25) is 0 Å². The van der Waals surface area contributed by atoms with E-state index in [-0.39, 0.29) is 6.61 Å². The molecule has 0 aromatic heterocycles. The van der Waals surface area contributed by atoms with Gasteiger partial charge >= 0.3 is 5.97 Å². The van der Waals surface area contributed by atoms with Gasteiger partial charge in [-0.25, -0.2) is 4.79 Å². The van der Waals surface area contributed by atoms with Crippen LogP contribution in [-0.2, 0) is 16.1 Å². The number of aliphatic hydroxyl groups excluding tert-OH is 1. The van der Waals surface area contributed by atoms with Crippen LogP contribution in [0.2, 0.25) is 5.02 Å². The second-order valence-corrected chi connectivity index (χ2v) is 3.37. The lowest BCUT2D eigenvalue weighted by atomic mass is 10.1. The quantitative estimate of drug-likeness (QED) is 0.631. The van der Waals surface area contributed by atoms with E-state index < -0.39 is 5.97 Å². The van der Waals surface area contributed by atoms with E-state index in [9.17, 15) is 4.79 Å². The average molecular weight is 239 g/mol. The van der Waals surface area contributed by atoms with Crippen LogP contribution in [-0.4, -0.2) is 17.7 Å². The number of ether oxygens (including phenoxy) is 1. The number of halogens is 1. The molecule has 4 heteroatoms. The second kappa shape index (κ2) is 6.16. The summed E-state index contributed by atoms with van der Waals surface area (Å²) in [6.45, 7) is 1.83. The largest absolute Gasteiger partial charge is 0.456 e. The fraction of sp³-hybridized carbons (Fsp3) is 0.250. The van der Waals surface area contributed by atoms with Crippen LogP contribution >= 0.6 is 11.6 Å². The molecule has 0 fully saturated rings. The van der Waals surface area contributed by atoms with Crippen molar-refractivity contribution in [2.24, 2.45) is 0 Å². The van der Waals surface area contributed by atoms with Gasteiger partial charge in [0.1, 0.15) is 0 Å².